The number of amides is 1. The van der Waals surface area contributed by atoms with E-state index in [0.29, 0.717) is 46.6 Å². The summed E-state index contributed by atoms with van der Waals surface area (Å²) in [6, 6.07) is 25.9. The van der Waals surface area contributed by atoms with Crippen LogP contribution in [0.1, 0.15) is 39.9 Å². The van der Waals surface area contributed by atoms with Crippen molar-refractivity contribution in [2.24, 2.45) is 0 Å². The number of hydrogen-bond acceptors (Lipinski definition) is 5. The number of ether oxygens (including phenoxy) is 3. The summed E-state index contributed by atoms with van der Waals surface area (Å²) in [7, 11) is 0. The van der Waals surface area contributed by atoms with E-state index < -0.39 is 23.9 Å². The fourth-order valence-electron chi connectivity index (χ4n) is 4.46. The molecule has 0 bridgehead atoms. The van der Waals surface area contributed by atoms with Gasteiger partial charge in [0.2, 0.25) is 0 Å². The van der Waals surface area contributed by atoms with E-state index in [1.165, 1.54) is 6.07 Å². The van der Waals surface area contributed by atoms with Crippen molar-refractivity contribution in [1.29, 1.82) is 0 Å². The third kappa shape index (κ3) is 6.88. The number of carboxylic acids is 1. The van der Waals surface area contributed by atoms with Gasteiger partial charge in [0.05, 0.1) is 24.1 Å². The normalized spacial score (nSPS) is 14.8. The number of hydrogen-bond donors (Lipinski definition) is 1. The van der Waals surface area contributed by atoms with Gasteiger partial charge in [-0.2, -0.15) is 0 Å². The molecule has 7 nitrogen and oxygen atoms in total. The highest BCUT2D eigenvalue weighted by Gasteiger charge is 2.28. The Kier molecular flexibility index (Phi) is 8.88. The van der Waals surface area contributed by atoms with Gasteiger partial charge < -0.3 is 19.3 Å². The molecule has 0 aliphatic carbocycles. The number of nitrogens with zero attached hydrogens (tertiary/aromatic N) is 1. The first-order valence-electron chi connectivity index (χ1n) is 12.7. The van der Waals surface area contributed by atoms with Crippen molar-refractivity contribution >= 4 is 46.9 Å². The molecule has 0 radical (unpaired) electrons. The summed E-state index contributed by atoms with van der Waals surface area (Å²) in [6.45, 7) is 0.352. The topological polar surface area (TPSA) is 85.3 Å². The molecule has 0 saturated heterocycles. The Morgan fingerprint density at radius 1 is 0.951 bits per heavy atom. The molecule has 1 amide bonds. The Morgan fingerprint density at radius 2 is 1.68 bits per heavy atom. The van der Waals surface area contributed by atoms with Crippen LogP contribution in [0.3, 0.4) is 0 Å². The molecule has 0 aromatic heterocycles. The van der Waals surface area contributed by atoms with E-state index in [1.807, 2.05) is 30.3 Å². The molecule has 1 aliphatic rings. The molecule has 4 aromatic carbocycles. The standard InChI is InChI=1S/C31H24Cl3NO6/c32-21-7-9-22(10-8-21)40-29(19-4-2-1-3-5-19)18-35(34)30(36)20-6-13-27(26(33)16-20)41-23-11-12-24-25(31(37)38)14-15-39-28(24)17-23/h1-13,16-17,25,29H,14-15,18H2,(H,37,38). The third-order valence-corrected chi connectivity index (χ3v) is 7.38. The van der Waals surface area contributed by atoms with E-state index in [9.17, 15) is 14.7 Å². The van der Waals surface area contributed by atoms with Crippen LogP contribution in [-0.2, 0) is 4.79 Å². The number of carboxylic acid groups (broad SMARTS) is 1. The first-order valence-corrected chi connectivity index (χ1v) is 13.8. The maximum Gasteiger partial charge on any atom is 0.311 e. The molecule has 2 atom stereocenters. The zero-order valence-electron chi connectivity index (χ0n) is 21.5. The first kappa shape index (κ1) is 28.6. The number of fused-ring (bicyclic) bond motifs is 1. The fraction of sp³-hybridized carbons (Fsp3) is 0.161. The monoisotopic (exact) mass is 611 g/mol. The van der Waals surface area contributed by atoms with E-state index in [4.69, 9.17) is 49.2 Å². The Labute approximate surface area is 251 Å². The van der Waals surface area contributed by atoms with Crippen LogP contribution in [0, 0.1) is 0 Å². The van der Waals surface area contributed by atoms with Gasteiger partial charge in [0.1, 0.15) is 29.1 Å². The Morgan fingerprint density at radius 3 is 2.39 bits per heavy atom. The molecule has 1 aliphatic heterocycles. The lowest BCUT2D eigenvalue weighted by Gasteiger charge is -2.24. The summed E-state index contributed by atoms with van der Waals surface area (Å²) < 4.78 is 18.8. The highest BCUT2D eigenvalue weighted by molar-refractivity contribution is 6.32. The lowest BCUT2D eigenvalue weighted by Crippen LogP contribution is -2.29. The lowest BCUT2D eigenvalue weighted by atomic mass is 9.93. The molecular formula is C31H24Cl3NO6. The zero-order chi connectivity index (χ0) is 28.9. The number of benzene rings is 4. The van der Waals surface area contributed by atoms with Gasteiger partial charge >= 0.3 is 5.97 Å². The average Bonchev–Trinajstić information content (AvgIpc) is 2.98. The van der Waals surface area contributed by atoms with E-state index in [0.717, 1.165) is 9.98 Å². The van der Waals surface area contributed by atoms with Crippen molar-refractivity contribution in [1.82, 2.24) is 4.42 Å². The maximum atomic E-state index is 13.2. The third-order valence-electron chi connectivity index (χ3n) is 6.54. The van der Waals surface area contributed by atoms with Gasteiger partial charge in [-0.1, -0.05) is 59.6 Å². The Hall–Kier alpha value is -3.91. The predicted octanol–water partition coefficient (Wildman–Crippen LogP) is 8.15. The highest BCUT2D eigenvalue weighted by atomic mass is 35.5. The second-order valence-electron chi connectivity index (χ2n) is 9.30. The van der Waals surface area contributed by atoms with E-state index >= 15 is 0 Å². The fourth-order valence-corrected chi connectivity index (χ4v) is 5.03. The number of carbonyl (C=O) groups excluding carboxylic acids is 1. The Bertz CT molecular complexity index is 1550. The molecule has 0 fully saturated rings. The lowest BCUT2D eigenvalue weighted by molar-refractivity contribution is -0.139. The molecule has 1 heterocycles. The molecule has 5 rings (SSSR count). The summed E-state index contributed by atoms with van der Waals surface area (Å²) >= 11 is 19.0. The van der Waals surface area contributed by atoms with Crippen LogP contribution in [0.2, 0.25) is 10.0 Å². The second-order valence-corrected chi connectivity index (χ2v) is 10.5. The SMILES string of the molecule is O=C(O)C1CCOc2cc(Oc3ccc(C(=O)N(Cl)CC(Oc4ccc(Cl)cc4)c4ccccc4)cc3Cl)ccc21. The molecule has 4 aromatic rings. The highest BCUT2D eigenvalue weighted by Crippen LogP contribution is 2.39. The van der Waals surface area contributed by atoms with Gasteiger partial charge in [-0.15, -0.1) is 0 Å². The maximum absolute atomic E-state index is 13.2. The number of carbonyl (C=O) groups is 2. The van der Waals surface area contributed by atoms with Crippen molar-refractivity contribution in [3.8, 4) is 23.0 Å². The van der Waals surface area contributed by atoms with Crippen LogP contribution in [0.5, 0.6) is 23.0 Å². The van der Waals surface area contributed by atoms with Gasteiger partial charge in [-0.3, -0.25) is 9.59 Å². The molecule has 0 spiro atoms. The van der Waals surface area contributed by atoms with Gasteiger partial charge in [-0.25, -0.2) is 4.42 Å². The Balaban J connectivity index is 1.29. The first-order chi connectivity index (χ1) is 19.8. The van der Waals surface area contributed by atoms with Crippen molar-refractivity contribution < 1.29 is 28.9 Å². The number of rotatable bonds is 9. The molecule has 1 N–H and O–H groups in total. The number of aliphatic carboxylic acids is 1. The van der Waals surface area contributed by atoms with Crippen molar-refractivity contribution in [3.05, 3.63) is 118 Å². The van der Waals surface area contributed by atoms with Crippen LogP contribution in [0.25, 0.3) is 0 Å². The number of halogens is 3. The average molecular weight is 613 g/mol. The van der Waals surface area contributed by atoms with Gasteiger partial charge in [0, 0.05) is 34.0 Å². The van der Waals surface area contributed by atoms with Crippen molar-refractivity contribution in [2.45, 2.75) is 18.4 Å². The van der Waals surface area contributed by atoms with Crippen LogP contribution < -0.4 is 14.2 Å². The molecule has 210 valence electrons. The summed E-state index contributed by atoms with van der Waals surface area (Å²) in [4.78, 5) is 24.8. The van der Waals surface area contributed by atoms with E-state index in [-0.39, 0.29) is 17.1 Å². The summed E-state index contributed by atoms with van der Waals surface area (Å²) in [5.74, 6) is -0.234. The molecule has 10 heteroatoms. The molecule has 2 unspecified atom stereocenters. The van der Waals surface area contributed by atoms with Crippen LogP contribution >= 0.6 is 35.0 Å². The minimum Gasteiger partial charge on any atom is -0.493 e. The predicted molar refractivity (Wildman–Crippen MR) is 157 cm³/mol. The van der Waals surface area contributed by atoms with Crippen LogP contribution in [0.4, 0.5) is 0 Å². The molecule has 0 saturated carbocycles. The van der Waals surface area contributed by atoms with Crippen molar-refractivity contribution in [3.63, 3.8) is 0 Å². The zero-order valence-corrected chi connectivity index (χ0v) is 23.8. The second kappa shape index (κ2) is 12.7. The van der Waals surface area contributed by atoms with E-state index in [1.54, 1.807) is 54.6 Å². The van der Waals surface area contributed by atoms with Crippen molar-refractivity contribution in [2.75, 3.05) is 13.2 Å². The smallest absolute Gasteiger partial charge is 0.311 e. The minimum absolute atomic E-state index is 0.0510. The summed E-state index contributed by atoms with van der Waals surface area (Å²) in [5, 5.41) is 10.2. The molecular weight excluding hydrogens is 589 g/mol. The van der Waals surface area contributed by atoms with Crippen LogP contribution in [-0.4, -0.2) is 34.6 Å². The summed E-state index contributed by atoms with van der Waals surface area (Å²) in [6.07, 6.45) is -0.148. The van der Waals surface area contributed by atoms with E-state index in [2.05, 4.69) is 0 Å². The largest absolute Gasteiger partial charge is 0.493 e. The van der Waals surface area contributed by atoms with Gasteiger partial charge in [-0.05, 0) is 60.5 Å². The minimum atomic E-state index is -0.897. The molecule has 41 heavy (non-hydrogen) atoms. The van der Waals surface area contributed by atoms with Crippen LogP contribution in [0.15, 0.2) is 91.0 Å². The van der Waals surface area contributed by atoms with Gasteiger partial charge in [0.15, 0.2) is 0 Å². The summed E-state index contributed by atoms with van der Waals surface area (Å²) in [5.41, 5.74) is 1.69. The van der Waals surface area contributed by atoms with Gasteiger partial charge in [0.25, 0.3) is 5.91 Å². The quantitative estimate of drug-likeness (QED) is 0.192.